The van der Waals surface area contributed by atoms with Crippen molar-refractivity contribution in [2.24, 2.45) is 0 Å². The Hall–Kier alpha value is -2.14. The summed E-state index contributed by atoms with van der Waals surface area (Å²) in [5.41, 5.74) is 3.47. The first-order valence-corrected chi connectivity index (χ1v) is 10.7. The molecular formula is C22H15ClFNS2. The Kier molecular flexibility index (Phi) is 5.30. The van der Waals surface area contributed by atoms with Gasteiger partial charge >= 0.3 is 0 Å². The summed E-state index contributed by atoms with van der Waals surface area (Å²) in [5.74, 6) is -0.275. The average Bonchev–Trinajstić information content (AvgIpc) is 3.13. The molecule has 27 heavy (non-hydrogen) atoms. The summed E-state index contributed by atoms with van der Waals surface area (Å²) in [6.07, 6.45) is 2.05. The summed E-state index contributed by atoms with van der Waals surface area (Å²) >= 11 is 9.65. The number of thioether (sulfide) groups is 1. The van der Waals surface area contributed by atoms with E-state index in [-0.39, 0.29) is 5.82 Å². The third-order valence-corrected chi connectivity index (χ3v) is 6.39. The zero-order chi connectivity index (χ0) is 18.8. The first kappa shape index (κ1) is 18.2. The van der Waals surface area contributed by atoms with Crippen molar-refractivity contribution in [3.63, 3.8) is 0 Å². The van der Waals surface area contributed by atoms with Crippen LogP contribution in [0, 0.1) is 5.82 Å². The van der Waals surface area contributed by atoms with E-state index in [4.69, 9.17) is 16.6 Å². The van der Waals surface area contributed by atoms with Crippen LogP contribution in [0.4, 0.5) is 4.39 Å². The summed E-state index contributed by atoms with van der Waals surface area (Å²) in [5, 5.41) is 1.48. The second-order valence-electron chi connectivity index (χ2n) is 5.92. The second kappa shape index (κ2) is 7.85. The first-order chi connectivity index (χ1) is 13.2. The molecule has 1 heterocycles. The fraction of sp³-hybridized carbons (Fsp3) is 0.0455. The highest BCUT2D eigenvalue weighted by molar-refractivity contribution is 7.98. The van der Waals surface area contributed by atoms with Crippen molar-refractivity contribution in [3.05, 3.63) is 83.6 Å². The van der Waals surface area contributed by atoms with Crippen molar-refractivity contribution in [1.29, 1.82) is 0 Å². The molecule has 0 radical (unpaired) electrons. The van der Waals surface area contributed by atoms with Crippen LogP contribution >= 0.6 is 34.7 Å². The smallest absolute Gasteiger partial charge is 0.126 e. The first-order valence-electron chi connectivity index (χ1n) is 8.32. The highest BCUT2D eigenvalue weighted by Crippen LogP contribution is 2.42. The van der Waals surface area contributed by atoms with Crippen LogP contribution in [0.2, 0.25) is 5.02 Å². The van der Waals surface area contributed by atoms with Crippen LogP contribution in [-0.2, 0) is 0 Å². The Balaban J connectivity index is 1.91. The Morgan fingerprint density at radius 3 is 2.41 bits per heavy atom. The molecule has 1 aromatic heterocycles. The van der Waals surface area contributed by atoms with Gasteiger partial charge in [0, 0.05) is 16.0 Å². The lowest BCUT2D eigenvalue weighted by Crippen LogP contribution is -1.84. The largest absolute Gasteiger partial charge is 0.235 e. The fourth-order valence-corrected chi connectivity index (χ4v) is 4.66. The fourth-order valence-electron chi connectivity index (χ4n) is 2.84. The third-order valence-electron chi connectivity index (χ3n) is 4.18. The van der Waals surface area contributed by atoms with Crippen LogP contribution in [-0.4, -0.2) is 11.2 Å². The molecule has 0 bridgehead atoms. The summed E-state index contributed by atoms with van der Waals surface area (Å²) in [4.78, 5) is 7.03. The Labute approximate surface area is 170 Å². The van der Waals surface area contributed by atoms with Gasteiger partial charge in [0.05, 0.1) is 15.6 Å². The van der Waals surface area contributed by atoms with Gasteiger partial charge in [0.2, 0.25) is 0 Å². The molecule has 0 spiro atoms. The monoisotopic (exact) mass is 411 g/mol. The van der Waals surface area contributed by atoms with Gasteiger partial charge in [-0.15, -0.1) is 23.1 Å². The minimum Gasteiger partial charge on any atom is -0.235 e. The minimum absolute atomic E-state index is 0.275. The minimum atomic E-state index is -0.275. The summed E-state index contributed by atoms with van der Waals surface area (Å²) in [6, 6.07) is 22.5. The number of aromatic nitrogens is 1. The summed E-state index contributed by atoms with van der Waals surface area (Å²) in [6.45, 7) is 0. The summed E-state index contributed by atoms with van der Waals surface area (Å²) < 4.78 is 13.8. The standard InChI is InChI=1S/C22H15ClFNS2/c1-26-17-11-9-14(10-12-17)21-20(15-5-4-6-16(24)13-15)25-22(27-21)18-7-2-3-8-19(18)23/h2-13H,1H3. The molecule has 4 rings (SSSR count). The molecule has 4 aromatic rings. The number of benzene rings is 3. The molecule has 0 fully saturated rings. The number of rotatable bonds is 4. The highest BCUT2D eigenvalue weighted by Gasteiger charge is 2.17. The van der Waals surface area contributed by atoms with E-state index in [1.165, 1.54) is 17.0 Å². The van der Waals surface area contributed by atoms with Gasteiger partial charge in [-0.3, -0.25) is 0 Å². The predicted octanol–water partition coefficient (Wildman–Crippen LogP) is 7.66. The van der Waals surface area contributed by atoms with E-state index >= 15 is 0 Å². The zero-order valence-corrected chi connectivity index (χ0v) is 16.8. The molecule has 0 N–H and O–H groups in total. The molecule has 0 amide bonds. The maximum absolute atomic E-state index is 13.8. The van der Waals surface area contributed by atoms with E-state index in [9.17, 15) is 4.39 Å². The number of thiazole rings is 1. The van der Waals surface area contributed by atoms with Gasteiger partial charge in [-0.1, -0.05) is 54.1 Å². The SMILES string of the molecule is CSc1ccc(-c2sc(-c3ccccc3Cl)nc2-c2cccc(F)c2)cc1. The Bertz CT molecular complexity index is 1090. The van der Waals surface area contributed by atoms with E-state index in [1.807, 2.05) is 30.3 Å². The van der Waals surface area contributed by atoms with E-state index < -0.39 is 0 Å². The van der Waals surface area contributed by atoms with Crippen LogP contribution in [0.25, 0.3) is 32.3 Å². The highest BCUT2D eigenvalue weighted by atomic mass is 35.5. The Morgan fingerprint density at radius 2 is 1.70 bits per heavy atom. The van der Waals surface area contributed by atoms with Crippen molar-refractivity contribution in [1.82, 2.24) is 4.98 Å². The molecule has 0 aliphatic rings. The van der Waals surface area contributed by atoms with Gasteiger partial charge in [-0.05, 0) is 42.2 Å². The molecule has 5 heteroatoms. The van der Waals surface area contributed by atoms with Crippen molar-refractivity contribution in [2.75, 3.05) is 6.26 Å². The molecule has 3 aromatic carbocycles. The summed E-state index contributed by atoms with van der Waals surface area (Å²) in [7, 11) is 0. The zero-order valence-electron chi connectivity index (χ0n) is 14.4. The van der Waals surface area contributed by atoms with Gasteiger partial charge in [-0.25, -0.2) is 9.37 Å². The van der Waals surface area contributed by atoms with Gasteiger partial charge in [-0.2, -0.15) is 0 Å². The topological polar surface area (TPSA) is 12.9 Å². The van der Waals surface area contributed by atoms with Crippen molar-refractivity contribution in [3.8, 4) is 32.3 Å². The molecule has 1 nitrogen and oxygen atoms in total. The molecule has 0 atom stereocenters. The van der Waals surface area contributed by atoms with Crippen molar-refractivity contribution < 1.29 is 4.39 Å². The number of hydrogen-bond donors (Lipinski definition) is 0. The van der Waals surface area contributed by atoms with Crippen LogP contribution in [0.15, 0.2) is 77.7 Å². The van der Waals surface area contributed by atoms with Gasteiger partial charge in [0.15, 0.2) is 0 Å². The second-order valence-corrected chi connectivity index (χ2v) is 8.20. The molecule has 0 unspecified atom stereocenters. The van der Waals surface area contributed by atoms with Crippen LogP contribution in [0.3, 0.4) is 0 Å². The maximum Gasteiger partial charge on any atom is 0.126 e. The molecule has 0 saturated heterocycles. The van der Waals surface area contributed by atoms with Gasteiger partial charge < -0.3 is 0 Å². The maximum atomic E-state index is 13.8. The number of halogens is 2. The van der Waals surface area contributed by atoms with Gasteiger partial charge in [0.25, 0.3) is 0 Å². The molecular weight excluding hydrogens is 397 g/mol. The quantitative estimate of drug-likeness (QED) is 0.320. The molecule has 0 aliphatic carbocycles. The van der Waals surface area contributed by atoms with Gasteiger partial charge in [0.1, 0.15) is 10.8 Å². The number of hydrogen-bond acceptors (Lipinski definition) is 3. The normalized spacial score (nSPS) is 10.9. The van der Waals surface area contributed by atoms with Crippen LogP contribution in [0.1, 0.15) is 0 Å². The Morgan fingerprint density at radius 1 is 0.926 bits per heavy atom. The van der Waals surface area contributed by atoms with E-state index in [1.54, 1.807) is 29.2 Å². The molecule has 0 saturated carbocycles. The van der Waals surface area contributed by atoms with E-state index in [0.29, 0.717) is 5.02 Å². The van der Waals surface area contributed by atoms with E-state index in [0.717, 1.165) is 32.3 Å². The van der Waals surface area contributed by atoms with Crippen LogP contribution < -0.4 is 0 Å². The predicted molar refractivity (Wildman–Crippen MR) is 115 cm³/mol. The van der Waals surface area contributed by atoms with Crippen LogP contribution in [0.5, 0.6) is 0 Å². The van der Waals surface area contributed by atoms with Crippen molar-refractivity contribution >= 4 is 34.7 Å². The lowest BCUT2D eigenvalue weighted by Gasteiger charge is -2.04. The number of nitrogens with zero attached hydrogens (tertiary/aromatic N) is 1. The molecule has 134 valence electrons. The average molecular weight is 412 g/mol. The molecule has 0 aliphatic heterocycles. The lowest BCUT2D eigenvalue weighted by molar-refractivity contribution is 0.628. The lowest BCUT2D eigenvalue weighted by atomic mass is 10.1. The third kappa shape index (κ3) is 3.79. The van der Waals surface area contributed by atoms with E-state index in [2.05, 4.69) is 30.5 Å². The van der Waals surface area contributed by atoms with Crippen molar-refractivity contribution in [2.45, 2.75) is 4.90 Å².